The number of amides is 1. The molecule has 0 bridgehead atoms. The van der Waals surface area contributed by atoms with Gasteiger partial charge in [-0.2, -0.15) is 5.10 Å². The Labute approximate surface area is 110 Å². The minimum absolute atomic E-state index is 0.346. The standard InChI is InChI=1S/C12H15FN4O2/c1-16-5-6-17(8-14-16)11-4-3-9(7-10(11)13)15-12(18)19-2/h3-4,7-8H,5-6H2,1-2H3,(H,15,18). The van der Waals surface area contributed by atoms with Crippen molar-refractivity contribution < 1.29 is 13.9 Å². The SMILES string of the molecule is COC(=O)Nc1ccc(N2C=NN(C)CC2)c(F)c1. The summed E-state index contributed by atoms with van der Waals surface area (Å²) in [6.45, 7) is 1.37. The average molecular weight is 266 g/mol. The number of halogens is 1. The van der Waals surface area contributed by atoms with Crippen molar-refractivity contribution in [2.45, 2.75) is 0 Å². The molecule has 1 aliphatic heterocycles. The van der Waals surface area contributed by atoms with E-state index in [2.05, 4.69) is 15.2 Å². The lowest BCUT2D eigenvalue weighted by Crippen LogP contribution is -2.36. The smallest absolute Gasteiger partial charge is 0.411 e. The fourth-order valence-electron chi connectivity index (χ4n) is 1.69. The van der Waals surface area contributed by atoms with Gasteiger partial charge in [0.25, 0.3) is 0 Å². The number of methoxy groups -OCH3 is 1. The van der Waals surface area contributed by atoms with Gasteiger partial charge in [0.05, 0.1) is 19.3 Å². The number of benzene rings is 1. The number of hydrazone groups is 1. The molecular formula is C12H15FN4O2. The van der Waals surface area contributed by atoms with Crippen LogP contribution in [0.2, 0.25) is 0 Å². The highest BCUT2D eigenvalue weighted by Gasteiger charge is 2.14. The summed E-state index contributed by atoms with van der Waals surface area (Å²) in [7, 11) is 3.11. The highest BCUT2D eigenvalue weighted by molar-refractivity contribution is 5.86. The van der Waals surface area contributed by atoms with Crippen molar-refractivity contribution in [1.82, 2.24) is 5.01 Å². The predicted octanol–water partition coefficient (Wildman–Crippen LogP) is 1.70. The number of ether oxygens (including phenoxy) is 1. The van der Waals surface area contributed by atoms with E-state index in [1.54, 1.807) is 28.4 Å². The van der Waals surface area contributed by atoms with Crippen LogP contribution >= 0.6 is 0 Å². The number of nitrogens with one attached hydrogen (secondary N) is 1. The van der Waals surface area contributed by atoms with Gasteiger partial charge in [-0.15, -0.1) is 0 Å². The Hall–Kier alpha value is -2.31. The lowest BCUT2D eigenvalue weighted by molar-refractivity contribution is 0.187. The van der Waals surface area contributed by atoms with Crippen LogP contribution in [-0.4, -0.2) is 44.7 Å². The lowest BCUT2D eigenvalue weighted by Gasteiger charge is -2.27. The second kappa shape index (κ2) is 5.55. The summed E-state index contributed by atoms with van der Waals surface area (Å²) < 4.78 is 18.4. The molecule has 1 aliphatic rings. The van der Waals surface area contributed by atoms with Gasteiger partial charge in [0.15, 0.2) is 0 Å². The summed E-state index contributed by atoms with van der Waals surface area (Å²) in [6.07, 6.45) is 0.947. The number of carbonyl (C=O) groups excluding carboxylic acids is 1. The Morgan fingerprint density at radius 2 is 2.26 bits per heavy atom. The van der Waals surface area contributed by atoms with E-state index in [1.807, 2.05) is 7.05 Å². The van der Waals surface area contributed by atoms with Crippen molar-refractivity contribution in [3.8, 4) is 0 Å². The third kappa shape index (κ3) is 3.12. The third-order valence-electron chi connectivity index (χ3n) is 2.74. The number of carbonyl (C=O) groups is 1. The van der Waals surface area contributed by atoms with Gasteiger partial charge in [0.1, 0.15) is 12.2 Å². The van der Waals surface area contributed by atoms with Crippen LogP contribution in [0.15, 0.2) is 23.3 Å². The highest BCUT2D eigenvalue weighted by Crippen LogP contribution is 2.23. The predicted molar refractivity (Wildman–Crippen MR) is 70.9 cm³/mol. The number of hydrogen-bond donors (Lipinski definition) is 1. The fraction of sp³-hybridized carbons (Fsp3) is 0.333. The Kier molecular flexibility index (Phi) is 3.84. The van der Waals surface area contributed by atoms with E-state index in [9.17, 15) is 9.18 Å². The molecule has 0 aromatic heterocycles. The van der Waals surface area contributed by atoms with E-state index >= 15 is 0 Å². The maximum absolute atomic E-state index is 14.0. The van der Waals surface area contributed by atoms with E-state index < -0.39 is 11.9 Å². The van der Waals surface area contributed by atoms with Crippen LogP contribution in [0.1, 0.15) is 0 Å². The third-order valence-corrected chi connectivity index (χ3v) is 2.74. The molecule has 7 heteroatoms. The molecule has 0 radical (unpaired) electrons. The number of rotatable bonds is 2. The van der Waals surface area contributed by atoms with Gasteiger partial charge in [-0.3, -0.25) is 10.3 Å². The molecule has 0 fully saturated rings. The molecule has 1 heterocycles. The first-order valence-electron chi connectivity index (χ1n) is 5.76. The van der Waals surface area contributed by atoms with Crippen LogP contribution in [-0.2, 0) is 4.74 Å². The van der Waals surface area contributed by atoms with E-state index in [1.165, 1.54) is 13.2 Å². The van der Waals surface area contributed by atoms with Gasteiger partial charge >= 0.3 is 6.09 Å². The van der Waals surface area contributed by atoms with Crippen LogP contribution in [0.3, 0.4) is 0 Å². The van der Waals surface area contributed by atoms with E-state index in [-0.39, 0.29) is 0 Å². The summed E-state index contributed by atoms with van der Waals surface area (Å²) in [6, 6.07) is 4.46. The Balaban J connectivity index is 2.15. The first-order chi connectivity index (χ1) is 9.10. The van der Waals surface area contributed by atoms with Gasteiger partial charge in [0.2, 0.25) is 0 Å². The Morgan fingerprint density at radius 3 is 2.84 bits per heavy atom. The molecule has 0 aliphatic carbocycles. The number of hydrogen-bond acceptors (Lipinski definition) is 5. The molecule has 102 valence electrons. The molecule has 6 nitrogen and oxygen atoms in total. The fourth-order valence-corrected chi connectivity index (χ4v) is 1.69. The molecule has 1 amide bonds. The van der Waals surface area contributed by atoms with Gasteiger partial charge in [-0.05, 0) is 18.2 Å². The summed E-state index contributed by atoms with van der Waals surface area (Å²) in [5, 5.41) is 8.28. The normalized spacial score (nSPS) is 14.5. The number of nitrogens with zero attached hydrogens (tertiary/aromatic N) is 3. The zero-order valence-corrected chi connectivity index (χ0v) is 10.8. The molecule has 0 spiro atoms. The molecule has 19 heavy (non-hydrogen) atoms. The van der Waals surface area contributed by atoms with Crippen molar-refractivity contribution in [2.24, 2.45) is 5.10 Å². The topological polar surface area (TPSA) is 57.2 Å². The van der Waals surface area contributed by atoms with Crippen molar-refractivity contribution in [2.75, 3.05) is 37.5 Å². The average Bonchev–Trinajstić information content (AvgIpc) is 2.40. The molecule has 0 saturated carbocycles. The zero-order valence-electron chi connectivity index (χ0n) is 10.8. The van der Waals surface area contributed by atoms with E-state index in [0.717, 1.165) is 6.54 Å². The first kappa shape index (κ1) is 13.1. The second-order valence-electron chi connectivity index (χ2n) is 4.09. The summed E-state index contributed by atoms with van der Waals surface area (Å²) in [4.78, 5) is 12.7. The van der Waals surface area contributed by atoms with Crippen molar-refractivity contribution >= 4 is 23.8 Å². The van der Waals surface area contributed by atoms with Gasteiger partial charge < -0.3 is 9.64 Å². The Bertz CT molecular complexity index is 507. The molecule has 1 aromatic carbocycles. The van der Waals surface area contributed by atoms with Crippen LogP contribution in [0.5, 0.6) is 0 Å². The maximum Gasteiger partial charge on any atom is 0.411 e. The molecule has 0 atom stereocenters. The van der Waals surface area contributed by atoms with Crippen molar-refractivity contribution in [1.29, 1.82) is 0 Å². The van der Waals surface area contributed by atoms with Gasteiger partial charge in [-0.25, -0.2) is 9.18 Å². The van der Waals surface area contributed by atoms with Gasteiger partial charge in [-0.1, -0.05) is 0 Å². The molecular weight excluding hydrogens is 251 g/mol. The largest absolute Gasteiger partial charge is 0.453 e. The van der Waals surface area contributed by atoms with Crippen LogP contribution in [0.25, 0.3) is 0 Å². The van der Waals surface area contributed by atoms with Crippen LogP contribution in [0, 0.1) is 5.82 Å². The minimum Gasteiger partial charge on any atom is -0.453 e. The minimum atomic E-state index is -0.631. The number of anilines is 2. The first-order valence-corrected chi connectivity index (χ1v) is 5.76. The molecule has 0 saturated heterocycles. The van der Waals surface area contributed by atoms with Crippen LogP contribution in [0.4, 0.5) is 20.6 Å². The Morgan fingerprint density at radius 1 is 1.47 bits per heavy atom. The second-order valence-corrected chi connectivity index (χ2v) is 4.09. The summed E-state index contributed by atoms with van der Waals surface area (Å²) >= 11 is 0. The number of likely N-dealkylation sites (N-methyl/N-ethyl adjacent to an activating group) is 1. The molecule has 1 aromatic rings. The van der Waals surface area contributed by atoms with Crippen molar-refractivity contribution in [3.05, 3.63) is 24.0 Å². The molecule has 1 N–H and O–H groups in total. The van der Waals surface area contributed by atoms with E-state index in [0.29, 0.717) is 17.9 Å². The van der Waals surface area contributed by atoms with Crippen molar-refractivity contribution in [3.63, 3.8) is 0 Å². The quantitative estimate of drug-likeness (QED) is 0.885. The zero-order chi connectivity index (χ0) is 13.8. The lowest BCUT2D eigenvalue weighted by atomic mass is 10.2. The summed E-state index contributed by atoms with van der Waals surface area (Å²) in [5.41, 5.74) is 0.770. The highest BCUT2D eigenvalue weighted by atomic mass is 19.1. The van der Waals surface area contributed by atoms with Gasteiger partial charge in [0, 0.05) is 19.3 Å². The molecule has 0 unspecified atom stereocenters. The molecule has 2 rings (SSSR count). The monoisotopic (exact) mass is 266 g/mol. The van der Waals surface area contributed by atoms with Crippen LogP contribution < -0.4 is 10.2 Å². The maximum atomic E-state index is 14.0. The summed E-state index contributed by atoms with van der Waals surface area (Å²) in [5.74, 6) is -0.426. The van der Waals surface area contributed by atoms with E-state index in [4.69, 9.17) is 0 Å².